The van der Waals surface area contributed by atoms with E-state index in [1.807, 2.05) is 46.8 Å². The zero-order valence-corrected chi connectivity index (χ0v) is 17.0. The molecule has 0 bridgehead atoms. The Morgan fingerprint density at radius 3 is 2.52 bits per heavy atom. The van der Waals surface area contributed by atoms with Crippen molar-refractivity contribution in [3.05, 3.63) is 30.0 Å². The zero-order chi connectivity index (χ0) is 20.2. The zero-order valence-electron chi connectivity index (χ0n) is 17.0. The van der Waals surface area contributed by atoms with Gasteiger partial charge >= 0.3 is 0 Å². The van der Waals surface area contributed by atoms with Gasteiger partial charge in [0.05, 0.1) is 11.7 Å². The van der Waals surface area contributed by atoms with Crippen molar-refractivity contribution < 1.29 is 19.1 Å². The maximum absolute atomic E-state index is 12.1. The molecule has 1 aromatic heterocycles. The highest BCUT2D eigenvalue weighted by molar-refractivity contribution is 5.94. The first-order chi connectivity index (χ1) is 12.6. The smallest absolute Gasteiger partial charge is 0.228 e. The van der Waals surface area contributed by atoms with E-state index in [9.17, 15) is 9.90 Å². The molecule has 0 saturated heterocycles. The number of rotatable bonds is 9. The highest BCUT2D eigenvalue weighted by atomic mass is 16.5. The van der Waals surface area contributed by atoms with E-state index < -0.39 is 11.5 Å². The first-order valence-electron chi connectivity index (χ1n) is 9.50. The molecule has 0 radical (unpaired) electrons. The van der Waals surface area contributed by atoms with Gasteiger partial charge in [-0.3, -0.25) is 4.79 Å². The van der Waals surface area contributed by atoms with Gasteiger partial charge in [-0.1, -0.05) is 13.8 Å². The lowest BCUT2D eigenvalue weighted by atomic mass is 9.75. The molecule has 1 aromatic carbocycles. The maximum atomic E-state index is 12.1. The van der Waals surface area contributed by atoms with Crippen molar-refractivity contribution in [2.24, 2.45) is 5.73 Å². The van der Waals surface area contributed by atoms with Gasteiger partial charge in [0.2, 0.25) is 5.91 Å². The monoisotopic (exact) mass is 376 g/mol. The number of primary amides is 1. The van der Waals surface area contributed by atoms with E-state index in [0.29, 0.717) is 30.7 Å². The van der Waals surface area contributed by atoms with E-state index in [1.54, 1.807) is 12.3 Å². The molecule has 0 aliphatic rings. The molecule has 0 spiro atoms. The number of fused-ring (bicyclic) bond motifs is 1. The Morgan fingerprint density at radius 2 is 1.96 bits per heavy atom. The summed E-state index contributed by atoms with van der Waals surface area (Å²) in [5, 5.41) is 14.2. The maximum Gasteiger partial charge on any atom is 0.228 e. The van der Waals surface area contributed by atoms with Crippen LogP contribution in [0.25, 0.3) is 11.0 Å². The Hall–Kier alpha value is -2.05. The summed E-state index contributed by atoms with van der Waals surface area (Å²) in [6, 6.07) is 5.48. The second-order valence-electron chi connectivity index (χ2n) is 8.06. The predicted molar refractivity (Wildman–Crippen MR) is 107 cm³/mol. The normalized spacial score (nSPS) is 13.7. The minimum Gasteiger partial charge on any atom is -0.491 e. The number of nitrogens with one attached hydrogen (secondary N) is 1. The molecule has 6 heteroatoms. The summed E-state index contributed by atoms with van der Waals surface area (Å²) < 4.78 is 11.4. The summed E-state index contributed by atoms with van der Waals surface area (Å²) in [6.07, 6.45) is 2.22. The average molecular weight is 376 g/mol. The van der Waals surface area contributed by atoms with Crippen molar-refractivity contribution in [3.8, 4) is 5.75 Å². The second-order valence-corrected chi connectivity index (χ2v) is 8.06. The second kappa shape index (κ2) is 8.31. The summed E-state index contributed by atoms with van der Waals surface area (Å²) in [5.74, 6) is 0.265. The van der Waals surface area contributed by atoms with Crippen LogP contribution >= 0.6 is 0 Å². The number of aliphatic hydroxyl groups excluding tert-OH is 1. The lowest BCUT2D eigenvalue weighted by Crippen LogP contribution is -2.42. The molecule has 1 atom stereocenters. The number of amides is 1. The molecule has 2 rings (SSSR count). The van der Waals surface area contributed by atoms with Crippen LogP contribution < -0.4 is 15.8 Å². The number of β-amino-alcohol motifs (C(OH)–C–C–N with tert-alkyl or cyclic N) is 1. The molecule has 6 nitrogen and oxygen atoms in total. The van der Waals surface area contributed by atoms with Crippen LogP contribution in [0.3, 0.4) is 0 Å². The number of ether oxygens (including phenoxy) is 1. The first kappa shape index (κ1) is 21.3. The van der Waals surface area contributed by atoms with Crippen LogP contribution in [0.5, 0.6) is 5.75 Å². The van der Waals surface area contributed by atoms with Crippen LogP contribution in [0, 0.1) is 0 Å². The molecule has 150 valence electrons. The van der Waals surface area contributed by atoms with Gasteiger partial charge in [-0.05, 0) is 45.7 Å². The van der Waals surface area contributed by atoms with Gasteiger partial charge in [-0.15, -0.1) is 0 Å². The number of furan rings is 1. The van der Waals surface area contributed by atoms with E-state index in [1.165, 1.54) is 0 Å². The summed E-state index contributed by atoms with van der Waals surface area (Å²) in [6.45, 7) is 10.7. The Morgan fingerprint density at radius 1 is 1.30 bits per heavy atom. The van der Waals surface area contributed by atoms with Crippen molar-refractivity contribution in [1.29, 1.82) is 0 Å². The molecule has 1 unspecified atom stereocenters. The SMILES string of the molecule is CCC(CC)(C(N)=O)c1coc2cc(OCC(O)CNC(C)(C)C)ccc12. The van der Waals surface area contributed by atoms with Gasteiger partial charge in [-0.25, -0.2) is 0 Å². The molecule has 0 fully saturated rings. The van der Waals surface area contributed by atoms with Crippen molar-refractivity contribution in [1.82, 2.24) is 5.32 Å². The van der Waals surface area contributed by atoms with Gasteiger partial charge in [0.25, 0.3) is 0 Å². The fraction of sp³-hybridized carbons (Fsp3) is 0.571. The summed E-state index contributed by atoms with van der Waals surface area (Å²) in [5.41, 5.74) is 6.36. The van der Waals surface area contributed by atoms with Gasteiger partial charge in [-0.2, -0.15) is 0 Å². The van der Waals surface area contributed by atoms with E-state index in [2.05, 4.69) is 5.32 Å². The lowest BCUT2D eigenvalue weighted by molar-refractivity contribution is -0.123. The van der Waals surface area contributed by atoms with Gasteiger partial charge < -0.3 is 25.3 Å². The molecule has 1 amide bonds. The topological polar surface area (TPSA) is 97.7 Å². The van der Waals surface area contributed by atoms with Crippen LogP contribution in [-0.2, 0) is 10.2 Å². The van der Waals surface area contributed by atoms with Crippen molar-refractivity contribution >= 4 is 16.9 Å². The fourth-order valence-electron chi connectivity index (χ4n) is 3.26. The lowest BCUT2D eigenvalue weighted by Gasteiger charge is -2.27. The molecule has 4 N–H and O–H groups in total. The van der Waals surface area contributed by atoms with E-state index >= 15 is 0 Å². The third kappa shape index (κ3) is 4.82. The molecular weight excluding hydrogens is 344 g/mol. The number of aliphatic hydroxyl groups is 1. The van der Waals surface area contributed by atoms with Crippen LogP contribution in [0.1, 0.15) is 53.0 Å². The molecule has 27 heavy (non-hydrogen) atoms. The molecule has 2 aromatic rings. The predicted octanol–water partition coefficient (Wildman–Crippen LogP) is 3.10. The van der Waals surface area contributed by atoms with Gasteiger partial charge in [0, 0.05) is 29.1 Å². The Labute approximate surface area is 161 Å². The van der Waals surface area contributed by atoms with Gasteiger partial charge in [0.1, 0.15) is 24.0 Å². The molecular formula is C21H32N2O4. The molecule has 1 heterocycles. The molecule has 0 saturated carbocycles. The number of carbonyl (C=O) groups is 1. The summed E-state index contributed by atoms with van der Waals surface area (Å²) >= 11 is 0. The minimum absolute atomic E-state index is 0.0596. The van der Waals surface area contributed by atoms with Gasteiger partial charge in [0.15, 0.2) is 0 Å². The largest absolute Gasteiger partial charge is 0.491 e. The third-order valence-electron chi connectivity index (χ3n) is 5.05. The van der Waals surface area contributed by atoms with Crippen LogP contribution in [0.4, 0.5) is 0 Å². The molecule has 0 aliphatic carbocycles. The van der Waals surface area contributed by atoms with Crippen molar-refractivity contribution in [3.63, 3.8) is 0 Å². The number of nitrogens with two attached hydrogens (primary N) is 1. The van der Waals surface area contributed by atoms with Crippen LogP contribution in [0.15, 0.2) is 28.9 Å². The summed E-state index contributed by atoms with van der Waals surface area (Å²) in [4.78, 5) is 12.1. The summed E-state index contributed by atoms with van der Waals surface area (Å²) in [7, 11) is 0. The minimum atomic E-state index is -0.734. The van der Waals surface area contributed by atoms with E-state index in [-0.39, 0.29) is 18.1 Å². The van der Waals surface area contributed by atoms with Crippen LogP contribution in [-0.4, -0.2) is 35.8 Å². The number of carbonyl (C=O) groups excluding carboxylic acids is 1. The third-order valence-corrected chi connectivity index (χ3v) is 5.05. The Balaban J connectivity index is 2.14. The first-order valence-corrected chi connectivity index (χ1v) is 9.50. The highest BCUT2D eigenvalue weighted by Gasteiger charge is 2.37. The van der Waals surface area contributed by atoms with Crippen molar-refractivity contribution in [2.75, 3.05) is 13.2 Å². The van der Waals surface area contributed by atoms with Crippen molar-refractivity contribution in [2.45, 2.75) is 64.5 Å². The quantitative estimate of drug-likeness (QED) is 0.625. The van der Waals surface area contributed by atoms with E-state index in [0.717, 1.165) is 10.9 Å². The average Bonchev–Trinajstić information content (AvgIpc) is 3.02. The fourth-order valence-corrected chi connectivity index (χ4v) is 3.26. The number of hydrogen-bond donors (Lipinski definition) is 3. The number of benzene rings is 1. The molecule has 0 aliphatic heterocycles. The standard InChI is InChI=1S/C21H32N2O4/c1-6-21(7-2,19(22)25)17-13-27-18-10-15(8-9-16(17)18)26-12-14(24)11-23-20(3,4)5/h8-10,13-14,23-24H,6-7,11-12H2,1-5H3,(H2,22,25). The number of hydrogen-bond acceptors (Lipinski definition) is 5. The van der Waals surface area contributed by atoms with Crippen LogP contribution in [0.2, 0.25) is 0 Å². The van der Waals surface area contributed by atoms with E-state index in [4.69, 9.17) is 14.9 Å². The Bertz CT molecular complexity index is 772. The Kier molecular flexibility index (Phi) is 6.54. The highest BCUT2D eigenvalue weighted by Crippen LogP contribution is 2.38.